The number of piperidine rings is 1. The van der Waals surface area contributed by atoms with Gasteiger partial charge in [0.1, 0.15) is 11.4 Å². The molecule has 0 unspecified atom stereocenters. The Morgan fingerprint density at radius 3 is 2.58 bits per heavy atom. The molecule has 0 radical (unpaired) electrons. The Bertz CT molecular complexity index is 756. The third-order valence-corrected chi connectivity index (χ3v) is 4.61. The molecule has 2 aromatic rings. The summed E-state index contributed by atoms with van der Waals surface area (Å²) in [6.07, 6.45) is 3.43. The Morgan fingerprint density at radius 1 is 1.15 bits per heavy atom. The van der Waals surface area contributed by atoms with Crippen LogP contribution < -0.4 is 10.1 Å². The first kappa shape index (κ1) is 17.9. The molecule has 0 saturated carbocycles. The number of benzene rings is 1. The fraction of sp³-hybridized carbons (Fsp3) is 0.350. The number of nitrogens with one attached hydrogen (secondary N) is 1. The number of pyridine rings is 1. The van der Waals surface area contributed by atoms with E-state index < -0.39 is 0 Å². The van der Waals surface area contributed by atoms with Gasteiger partial charge in [0.25, 0.3) is 5.91 Å². The van der Waals surface area contributed by atoms with E-state index in [1.165, 1.54) is 0 Å². The minimum absolute atomic E-state index is 0.0693. The first-order valence-electron chi connectivity index (χ1n) is 8.79. The van der Waals surface area contributed by atoms with Gasteiger partial charge < -0.3 is 15.0 Å². The van der Waals surface area contributed by atoms with E-state index in [0.717, 1.165) is 24.2 Å². The highest BCUT2D eigenvalue weighted by Crippen LogP contribution is 2.20. The van der Waals surface area contributed by atoms with Gasteiger partial charge in [0, 0.05) is 30.9 Å². The molecule has 6 heteroatoms. The van der Waals surface area contributed by atoms with Gasteiger partial charge in [0.05, 0.1) is 13.5 Å². The fourth-order valence-electron chi connectivity index (χ4n) is 3.15. The van der Waals surface area contributed by atoms with Gasteiger partial charge in [0.15, 0.2) is 0 Å². The second-order valence-corrected chi connectivity index (χ2v) is 6.33. The van der Waals surface area contributed by atoms with Crippen molar-refractivity contribution in [2.24, 2.45) is 0 Å². The number of ether oxygens (including phenoxy) is 1. The summed E-state index contributed by atoms with van der Waals surface area (Å²) in [5, 5.41) is 3.00. The van der Waals surface area contributed by atoms with Crippen molar-refractivity contribution in [1.29, 1.82) is 0 Å². The summed E-state index contributed by atoms with van der Waals surface area (Å²) in [6, 6.07) is 12.9. The van der Waals surface area contributed by atoms with Gasteiger partial charge in [-0.2, -0.15) is 0 Å². The topological polar surface area (TPSA) is 71.5 Å². The van der Waals surface area contributed by atoms with Crippen molar-refractivity contribution < 1.29 is 14.3 Å². The number of carbonyl (C=O) groups excluding carboxylic acids is 2. The number of likely N-dealkylation sites (tertiary alicyclic amines) is 1. The maximum absolute atomic E-state index is 12.6. The molecular formula is C20H23N3O3. The molecule has 1 aliphatic rings. The van der Waals surface area contributed by atoms with Gasteiger partial charge in [-0.15, -0.1) is 0 Å². The van der Waals surface area contributed by atoms with E-state index in [-0.39, 0.29) is 17.9 Å². The molecule has 2 amide bonds. The molecule has 0 atom stereocenters. The molecular weight excluding hydrogens is 330 g/mol. The molecule has 1 fully saturated rings. The van der Waals surface area contributed by atoms with E-state index in [1.807, 2.05) is 29.2 Å². The number of hydrogen-bond acceptors (Lipinski definition) is 4. The highest BCUT2D eigenvalue weighted by atomic mass is 16.5. The van der Waals surface area contributed by atoms with Gasteiger partial charge in [0.2, 0.25) is 5.91 Å². The summed E-state index contributed by atoms with van der Waals surface area (Å²) in [7, 11) is 1.61. The Morgan fingerprint density at radius 2 is 1.88 bits per heavy atom. The van der Waals surface area contributed by atoms with Crippen molar-refractivity contribution in [3.63, 3.8) is 0 Å². The standard InChI is InChI=1S/C20H23N3O3/c1-26-18-8-3-2-6-15(18)14-19(24)23-12-9-16(10-13-23)22-20(25)17-7-4-5-11-21-17/h2-8,11,16H,9-10,12-14H2,1H3,(H,22,25). The lowest BCUT2D eigenvalue weighted by Crippen LogP contribution is -2.47. The van der Waals surface area contributed by atoms with Crippen LogP contribution in [0.1, 0.15) is 28.9 Å². The number of rotatable bonds is 5. The number of para-hydroxylation sites is 1. The van der Waals surface area contributed by atoms with E-state index >= 15 is 0 Å². The van der Waals surface area contributed by atoms with Crippen molar-refractivity contribution in [2.45, 2.75) is 25.3 Å². The summed E-state index contributed by atoms with van der Waals surface area (Å²) in [6.45, 7) is 1.28. The van der Waals surface area contributed by atoms with Gasteiger partial charge in [-0.3, -0.25) is 14.6 Å². The van der Waals surface area contributed by atoms with Crippen LogP contribution in [0.4, 0.5) is 0 Å². The number of aromatic nitrogens is 1. The Labute approximate surface area is 153 Å². The largest absolute Gasteiger partial charge is 0.496 e. The van der Waals surface area contributed by atoms with Crippen molar-refractivity contribution >= 4 is 11.8 Å². The van der Waals surface area contributed by atoms with E-state index in [2.05, 4.69) is 10.3 Å². The average Bonchev–Trinajstić information content (AvgIpc) is 2.69. The Balaban J connectivity index is 1.50. The zero-order chi connectivity index (χ0) is 18.4. The van der Waals surface area contributed by atoms with Crippen LogP contribution in [0.5, 0.6) is 5.75 Å². The van der Waals surface area contributed by atoms with Crippen LogP contribution in [-0.2, 0) is 11.2 Å². The smallest absolute Gasteiger partial charge is 0.270 e. The summed E-state index contributed by atoms with van der Waals surface area (Å²) in [4.78, 5) is 30.7. The van der Waals surface area contributed by atoms with Crippen molar-refractivity contribution in [3.05, 3.63) is 59.9 Å². The predicted molar refractivity (Wildman–Crippen MR) is 98.0 cm³/mol. The zero-order valence-corrected chi connectivity index (χ0v) is 14.9. The van der Waals surface area contributed by atoms with Gasteiger partial charge in [-0.05, 0) is 31.0 Å². The molecule has 1 N–H and O–H groups in total. The lowest BCUT2D eigenvalue weighted by molar-refractivity contribution is -0.131. The minimum atomic E-state index is -0.163. The zero-order valence-electron chi connectivity index (χ0n) is 14.9. The maximum atomic E-state index is 12.6. The average molecular weight is 353 g/mol. The van der Waals surface area contributed by atoms with Crippen LogP contribution in [0.15, 0.2) is 48.7 Å². The normalized spacial score (nSPS) is 14.7. The van der Waals surface area contributed by atoms with Gasteiger partial charge in [-0.1, -0.05) is 24.3 Å². The molecule has 3 rings (SSSR count). The second kappa shape index (κ2) is 8.47. The number of amides is 2. The molecule has 2 heterocycles. The van der Waals surface area contributed by atoms with Crippen LogP contribution >= 0.6 is 0 Å². The van der Waals surface area contributed by atoms with E-state index in [4.69, 9.17) is 4.74 Å². The SMILES string of the molecule is COc1ccccc1CC(=O)N1CCC(NC(=O)c2ccccn2)CC1. The molecule has 1 saturated heterocycles. The van der Waals surface area contributed by atoms with Crippen molar-refractivity contribution in [3.8, 4) is 5.75 Å². The molecule has 136 valence electrons. The third-order valence-electron chi connectivity index (χ3n) is 4.61. The number of methoxy groups -OCH3 is 1. The quantitative estimate of drug-likeness (QED) is 0.893. The van der Waals surface area contributed by atoms with Crippen molar-refractivity contribution in [2.75, 3.05) is 20.2 Å². The molecule has 6 nitrogen and oxygen atoms in total. The summed E-state index contributed by atoms with van der Waals surface area (Å²) in [5.41, 5.74) is 1.31. The van der Waals surface area contributed by atoms with E-state index in [0.29, 0.717) is 25.2 Å². The second-order valence-electron chi connectivity index (χ2n) is 6.33. The van der Waals surface area contributed by atoms with Gasteiger partial charge in [-0.25, -0.2) is 0 Å². The molecule has 0 bridgehead atoms. The predicted octanol–water partition coefficient (Wildman–Crippen LogP) is 2.05. The number of nitrogens with zero attached hydrogens (tertiary/aromatic N) is 2. The lowest BCUT2D eigenvalue weighted by Gasteiger charge is -2.32. The fourth-order valence-corrected chi connectivity index (χ4v) is 3.15. The van der Waals surface area contributed by atoms with E-state index in [9.17, 15) is 9.59 Å². The third kappa shape index (κ3) is 4.39. The lowest BCUT2D eigenvalue weighted by atomic mass is 10.0. The molecule has 1 aromatic carbocycles. The van der Waals surface area contributed by atoms with Crippen LogP contribution in [0.25, 0.3) is 0 Å². The molecule has 0 spiro atoms. The monoisotopic (exact) mass is 353 g/mol. The van der Waals surface area contributed by atoms with Gasteiger partial charge >= 0.3 is 0 Å². The summed E-state index contributed by atoms with van der Waals surface area (Å²) < 4.78 is 5.31. The summed E-state index contributed by atoms with van der Waals surface area (Å²) in [5.74, 6) is 0.659. The first-order valence-corrected chi connectivity index (χ1v) is 8.79. The number of carbonyl (C=O) groups is 2. The highest BCUT2D eigenvalue weighted by molar-refractivity contribution is 5.92. The van der Waals surface area contributed by atoms with Crippen LogP contribution in [-0.4, -0.2) is 47.9 Å². The minimum Gasteiger partial charge on any atom is -0.496 e. The molecule has 1 aromatic heterocycles. The van der Waals surface area contributed by atoms with Crippen LogP contribution in [0, 0.1) is 0 Å². The molecule has 26 heavy (non-hydrogen) atoms. The Hall–Kier alpha value is -2.89. The Kier molecular flexibility index (Phi) is 5.84. The van der Waals surface area contributed by atoms with E-state index in [1.54, 1.807) is 31.5 Å². The highest BCUT2D eigenvalue weighted by Gasteiger charge is 2.24. The first-order chi connectivity index (χ1) is 12.7. The van der Waals surface area contributed by atoms with Crippen LogP contribution in [0.3, 0.4) is 0 Å². The molecule has 0 aliphatic carbocycles. The van der Waals surface area contributed by atoms with Crippen molar-refractivity contribution in [1.82, 2.24) is 15.2 Å². The maximum Gasteiger partial charge on any atom is 0.270 e. The number of hydrogen-bond donors (Lipinski definition) is 1. The van der Waals surface area contributed by atoms with Crippen LogP contribution in [0.2, 0.25) is 0 Å². The molecule has 1 aliphatic heterocycles. The summed E-state index contributed by atoms with van der Waals surface area (Å²) >= 11 is 0.